The van der Waals surface area contributed by atoms with Gasteiger partial charge in [-0.25, -0.2) is 0 Å². The molecule has 1 aliphatic heterocycles. The number of ether oxygens (including phenoxy) is 3. The zero-order valence-electron chi connectivity index (χ0n) is 51.6. The lowest BCUT2D eigenvalue weighted by atomic mass is 9.99. The van der Waals surface area contributed by atoms with E-state index < -0.39 is 49.5 Å². The number of hydrogen-bond donors (Lipinski definition) is 6. The Morgan fingerprint density at radius 3 is 1.22 bits per heavy atom. The van der Waals surface area contributed by atoms with Crippen molar-refractivity contribution < 1.29 is 49.3 Å². The zero-order valence-corrected chi connectivity index (χ0v) is 51.6. The van der Waals surface area contributed by atoms with Crippen LogP contribution in [0.4, 0.5) is 0 Å². The Balaban J connectivity index is 2.00. The Bertz CT molecular complexity index is 1360. The number of rotatable bonds is 60. The second-order valence-electron chi connectivity index (χ2n) is 23.9. The van der Waals surface area contributed by atoms with Crippen LogP contribution in [0.2, 0.25) is 0 Å². The molecule has 0 saturated carbocycles. The fourth-order valence-corrected chi connectivity index (χ4v) is 10.9. The predicted molar refractivity (Wildman–Crippen MR) is 329 cm³/mol. The molecule has 466 valence electrons. The number of hydrogen-bond acceptors (Lipinski definition) is 10. The van der Waals surface area contributed by atoms with Crippen molar-refractivity contribution in [2.24, 2.45) is 0 Å². The maximum atomic E-state index is 13.1. The van der Waals surface area contributed by atoms with E-state index in [9.17, 15) is 35.1 Å². The Hall–Kier alpha value is -1.86. The molecule has 1 amide bonds. The average molecular weight is 1120 g/mol. The van der Waals surface area contributed by atoms with Crippen LogP contribution in [0.1, 0.15) is 335 Å². The SMILES string of the molecule is CCCCCCCCCCCCC/C=C/C(O)C(COC1OC(CO)C(O)C(O)C1O)NC(=O)CCCCCCCCCCCCC/C=C\CCCCCCCCCCCCCCOC(=O)CCCCCCCCCCCCC. The fourth-order valence-electron chi connectivity index (χ4n) is 10.9. The molecule has 0 aliphatic carbocycles. The largest absolute Gasteiger partial charge is 0.466 e. The van der Waals surface area contributed by atoms with E-state index >= 15 is 0 Å². The molecule has 1 saturated heterocycles. The minimum Gasteiger partial charge on any atom is -0.466 e. The third kappa shape index (κ3) is 47.2. The molecule has 6 N–H and O–H groups in total. The summed E-state index contributed by atoms with van der Waals surface area (Å²) in [5, 5.41) is 54.5. The second kappa shape index (κ2) is 57.9. The van der Waals surface area contributed by atoms with E-state index in [0.29, 0.717) is 19.4 Å². The Kier molecular flexibility index (Phi) is 55.1. The predicted octanol–water partition coefficient (Wildman–Crippen LogP) is 16.8. The van der Waals surface area contributed by atoms with Crippen LogP contribution >= 0.6 is 0 Å². The molecule has 1 aliphatic rings. The summed E-state index contributed by atoms with van der Waals surface area (Å²) < 4.78 is 16.7. The van der Waals surface area contributed by atoms with E-state index in [2.05, 4.69) is 31.3 Å². The van der Waals surface area contributed by atoms with Crippen LogP contribution in [-0.2, 0) is 23.8 Å². The number of aliphatic hydroxyl groups is 5. The van der Waals surface area contributed by atoms with E-state index in [1.807, 2.05) is 6.08 Å². The number of nitrogens with one attached hydrogen (secondary N) is 1. The van der Waals surface area contributed by atoms with Gasteiger partial charge in [-0.1, -0.05) is 289 Å². The van der Waals surface area contributed by atoms with Gasteiger partial charge in [-0.2, -0.15) is 0 Å². The zero-order chi connectivity index (χ0) is 57.3. The summed E-state index contributed by atoms with van der Waals surface area (Å²) in [6.45, 7) is 4.37. The molecule has 1 fully saturated rings. The molecule has 7 atom stereocenters. The van der Waals surface area contributed by atoms with Crippen molar-refractivity contribution >= 4 is 11.9 Å². The monoisotopic (exact) mass is 1120 g/mol. The highest BCUT2D eigenvalue weighted by Crippen LogP contribution is 2.23. The Morgan fingerprint density at radius 2 is 0.810 bits per heavy atom. The lowest BCUT2D eigenvalue weighted by Crippen LogP contribution is -2.60. The highest BCUT2D eigenvalue weighted by molar-refractivity contribution is 5.76. The molecule has 0 spiro atoms. The molecule has 0 aromatic rings. The van der Waals surface area contributed by atoms with Crippen LogP contribution in [0.5, 0.6) is 0 Å². The first-order valence-electron chi connectivity index (χ1n) is 34.1. The van der Waals surface area contributed by atoms with Crippen LogP contribution in [0, 0.1) is 0 Å². The van der Waals surface area contributed by atoms with E-state index in [-0.39, 0.29) is 18.5 Å². The first-order chi connectivity index (χ1) is 38.7. The van der Waals surface area contributed by atoms with E-state index in [0.717, 1.165) is 57.8 Å². The Labute approximate surface area is 486 Å². The summed E-state index contributed by atoms with van der Waals surface area (Å²) in [7, 11) is 0. The highest BCUT2D eigenvalue weighted by atomic mass is 16.7. The van der Waals surface area contributed by atoms with E-state index in [1.165, 1.54) is 250 Å². The number of unbranched alkanes of at least 4 members (excludes halogenated alkanes) is 44. The van der Waals surface area contributed by atoms with Gasteiger partial charge in [0, 0.05) is 12.8 Å². The first-order valence-corrected chi connectivity index (χ1v) is 34.1. The highest BCUT2D eigenvalue weighted by Gasteiger charge is 2.44. The summed E-state index contributed by atoms with van der Waals surface area (Å²) >= 11 is 0. The molecule has 11 nitrogen and oxygen atoms in total. The molecule has 11 heteroatoms. The third-order valence-electron chi connectivity index (χ3n) is 16.3. The molecule has 7 unspecified atom stereocenters. The molecule has 0 aromatic heterocycles. The fraction of sp³-hybridized carbons (Fsp3) is 0.912. The van der Waals surface area contributed by atoms with Gasteiger partial charge < -0.3 is 45.1 Å². The van der Waals surface area contributed by atoms with Crippen molar-refractivity contribution in [3.8, 4) is 0 Å². The number of allylic oxidation sites excluding steroid dienone is 3. The normalized spacial score (nSPS) is 18.5. The maximum absolute atomic E-state index is 13.1. The van der Waals surface area contributed by atoms with Crippen molar-refractivity contribution in [2.75, 3.05) is 19.8 Å². The second-order valence-corrected chi connectivity index (χ2v) is 23.9. The number of amides is 1. The van der Waals surface area contributed by atoms with Gasteiger partial charge in [0.25, 0.3) is 0 Å². The van der Waals surface area contributed by atoms with Gasteiger partial charge in [-0.15, -0.1) is 0 Å². The van der Waals surface area contributed by atoms with Gasteiger partial charge in [0.2, 0.25) is 5.91 Å². The summed E-state index contributed by atoms with van der Waals surface area (Å²) in [5.74, 6) is -0.175. The first kappa shape index (κ1) is 75.2. The molecular formula is C68H129NO10. The number of carbonyl (C=O) groups excluding carboxylic acids is 2. The summed E-state index contributed by atoms with van der Waals surface area (Å²) in [6.07, 6.45) is 61.5. The van der Waals surface area contributed by atoms with Crippen molar-refractivity contribution in [3.05, 3.63) is 24.3 Å². The van der Waals surface area contributed by atoms with E-state index in [1.54, 1.807) is 6.08 Å². The van der Waals surface area contributed by atoms with Gasteiger partial charge in [0.05, 0.1) is 32.0 Å². The van der Waals surface area contributed by atoms with Gasteiger partial charge in [-0.05, 0) is 57.8 Å². The van der Waals surface area contributed by atoms with E-state index in [4.69, 9.17) is 14.2 Å². The summed E-state index contributed by atoms with van der Waals surface area (Å²) in [5.41, 5.74) is 0. The van der Waals surface area contributed by atoms with Gasteiger partial charge in [-0.3, -0.25) is 9.59 Å². The minimum absolute atomic E-state index is 0.00567. The molecule has 0 bridgehead atoms. The Morgan fingerprint density at radius 1 is 0.456 bits per heavy atom. The van der Waals surface area contributed by atoms with Crippen LogP contribution in [0.15, 0.2) is 24.3 Å². The van der Waals surface area contributed by atoms with Crippen molar-refractivity contribution in [1.29, 1.82) is 0 Å². The summed E-state index contributed by atoms with van der Waals surface area (Å²) in [6, 6.07) is -0.810. The number of esters is 1. The lowest BCUT2D eigenvalue weighted by molar-refractivity contribution is -0.302. The summed E-state index contributed by atoms with van der Waals surface area (Å²) in [4.78, 5) is 25.1. The van der Waals surface area contributed by atoms with Gasteiger partial charge in [0.1, 0.15) is 24.4 Å². The molecule has 1 heterocycles. The number of carbonyl (C=O) groups is 2. The van der Waals surface area contributed by atoms with Crippen molar-refractivity contribution in [3.63, 3.8) is 0 Å². The maximum Gasteiger partial charge on any atom is 0.305 e. The molecule has 0 aromatic carbocycles. The standard InChI is InChI=1S/C68H129NO10/c1-3-5-7-9-11-13-15-31-35-38-42-46-50-54-61(71)60(59-78-68-67(76)66(75)65(74)62(58-70)79-68)69-63(72)55-51-47-43-39-36-32-29-27-25-23-21-19-17-16-18-20-22-24-26-28-30-33-37-41-45-49-53-57-77-64(73)56-52-48-44-40-34-14-12-10-8-6-4-2/h16-17,50,54,60-62,65-68,70-71,74-76H,3-15,18-49,51-53,55-59H2,1-2H3,(H,69,72)/b17-16-,54-50+. The minimum atomic E-state index is -1.57. The lowest BCUT2D eigenvalue weighted by Gasteiger charge is -2.40. The van der Waals surface area contributed by atoms with Crippen molar-refractivity contribution in [1.82, 2.24) is 5.32 Å². The average Bonchev–Trinajstić information content (AvgIpc) is 3.49. The molecule has 79 heavy (non-hydrogen) atoms. The van der Waals surface area contributed by atoms with Crippen LogP contribution in [0.3, 0.4) is 0 Å². The van der Waals surface area contributed by atoms with Crippen molar-refractivity contribution in [2.45, 2.75) is 378 Å². The molecule has 0 radical (unpaired) electrons. The quantitative estimate of drug-likeness (QED) is 0.0195. The number of aliphatic hydroxyl groups excluding tert-OH is 5. The van der Waals surface area contributed by atoms with Crippen LogP contribution in [0.25, 0.3) is 0 Å². The molecular weight excluding hydrogens is 991 g/mol. The van der Waals surface area contributed by atoms with Crippen LogP contribution < -0.4 is 5.32 Å². The van der Waals surface area contributed by atoms with Gasteiger partial charge >= 0.3 is 5.97 Å². The topological polar surface area (TPSA) is 175 Å². The molecule has 1 rings (SSSR count). The van der Waals surface area contributed by atoms with Crippen LogP contribution in [-0.4, -0.2) is 100 Å². The third-order valence-corrected chi connectivity index (χ3v) is 16.3. The smallest absolute Gasteiger partial charge is 0.305 e. The van der Waals surface area contributed by atoms with Gasteiger partial charge in [0.15, 0.2) is 6.29 Å².